The number of rotatable bonds is 1. The summed E-state index contributed by atoms with van der Waals surface area (Å²) >= 11 is 0. The van der Waals surface area contributed by atoms with Gasteiger partial charge in [0.05, 0.1) is 6.10 Å². The van der Waals surface area contributed by atoms with Crippen LogP contribution < -0.4 is 0 Å². The molecular weight excluding hydrogens is 220 g/mol. The molecule has 16 heavy (non-hydrogen) atoms. The third kappa shape index (κ3) is 3.76. The lowest BCUT2D eigenvalue weighted by molar-refractivity contribution is 0.0316. The molecule has 1 aliphatic rings. The van der Waals surface area contributed by atoms with E-state index in [1.165, 1.54) is 0 Å². The second-order valence-electron chi connectivity index (χ2n) is 5.17. The van der Waals surface area contributed by atoms with E-state index in [-0.39, 0.29) is 6.10 Å². The molecule has 1 saturated heterocycles. The van der Waals surface area contributed by atoms with Crippen molar-refractivity contribution < 1.29 is 14.9 Å². The number of allylic oxidation sites excluding steroid dienone is 1. The molecule has 1 rings (SSSR count). The lowest BCUT2D eigenvalue weighted by Gasteiger charge is -2.09. The van der Waals surface area contributed by atoms with Gasteiger partial charge in [-0.2, -0.15) is 0 Å². The molecule has 0 aromatic carbocycles. The fourth-order valence-electron chi connectivity index (χ4n) is 1.44. The minimum Gasteiger partial charge on any atom is -0.388 e. The lowest BCUT2D eigenvalue weighted by Crippen LogP contribution is -2.30. The first-order valence-corrected chi connectivity index (χ1v) is 9.02. The summed E-state index contributed by atoms with van der Waals surface area (Å²) in [7, 11) is -1.34. The molecule has 0 aromatic rings. The highest BCUT2D eigenvalue weighted by atomic mass is 28.3. The van der Waals surface area contributed by atoms with Crippen molar-refractivity contribution >= 4 is 8.07 Å². The average molecular weight is 240 g/mol. The van der Waals surface area contributed by atoms with E-state index in [1.807, 2.05) is 0 Å². The lowest BCUT2D eigenvalue weighted by atomic mass is 10.1. The highest BCUT2D eigenvalue weighted by Gasteiger charge is 2.38. The first-order chi connectivity index (χ1) is 7.31. The van der Waals surface area contributed by atoms with E-state index >= 15 is 0 Å². The Morgan fingerprint density at radius 3 is 2.25 bits per heavy atom. The van der Waals surface area contributed by atoms with Gasteiger partial charge in [0.2, 0.25) is 0 Å². The topological polar surface area (TPSA) is 49.7 Å². The Hall–Kier alpha value is -0.603. The molecule has 0 amide bonds. The van der Waals surface area contributed by atoms with Gasteiger partial charge in [0.25, 0.3) is 0 Å². The molecule has 1 heterocycles. The molecule has 1 fully saturated rings. The van der Waals surface area contributed by atoms with Crippen LogP contribution in [0.1, 0.15) is 6.92 Å². The van der Waals surface area contributed by atoms with Crippen molar-refractivity contribution in [2.75, 3.05) is 0 Å². The molecule has 0 aromatic heterocycles. The minimum absolute atomic E-state index is 0.324. The van der Waals surface area contributed by atoms with Gasteiger partial charge in [0.1, 0.15) is 26.4 Å². The number of aliphatic hydroxyl groups excluding tert-OH is 2. The van der Waals surface area contributed by atoms with Crippen LogP contribution >= 0.6 is 0 Å². The molecule has 1 unspecified atom stereocenters. The maximum Gasteiger partial charge on any atom is 0.129 e. The Labute approximate surface area is 98.1 Å². The van der Waals surface area contributed by atoms with Gasteiger partial charge in [-0.3, -0.25) is 0 Å². The van der Waals surface area contributed by atoms with Crippen LogP contribution in [-0.4, -0.2) is 42.7 Å². The zero-order valence-electron chi connectivity index (χ0n) is 10.3. The van der Waals surface area contributed by atoms with Crippen LogP contribution in [0.25, 0.3) is 0 Å². The van der Waals surface area contributed by atoms with Crippen LogP contribution in [0.5, 0.6) is 0 Å². The van der Waals surface area contributed by atoms with Crippen LogP contribution in [0, 0.1) is 11.5 Å². The second kappa shape index (κ2) is 5.15. The highest BCUT2D eigenvalue weighted by molar-refractivity contribution is 6.83. The van der Waals surface area contributed by atoms with Crippen molar-refractivity contribution in [2.24, 2.45) is 0 Å². The van der Waals surface area contributed by atoms with E-state index in [0.29, 0.717) is 0 Å². The summed E-state index contributed by atoms with van der Waals surface area (Å²) in [5, 5.41) is 19.1. The van der Waals surface area contributed by atoms with Gasteiger partial charge in [0.15, 0.2) is 0 Å². The Bertz CT molecular complexity index is 321. The third-order valence-corrected chi connectivity index (χ3v) is 3.25. The highest BCUT2D eigenvalue weighted by Crippen LogP contribution is 2.21. The summed E-state index contributed by atoms with van der Waals surface area (Å²) in [6.07, 6.45) is 0.997. The summed E-state index contributed by atoms with van der Waals surface area (Å²) in [6, 6.07) is 0. The van der Waals surface area contributed by atoms with Crippen LogP contribution in [0.3, 0.4) is 0 Å². The maximum atomic E-state index is 9.62. The van der Waals surface area contributed by atoms with Gasteiger partial charge in [-0.1, -0.05) is 25.6 Å². The molecule has 0 radical (unpaired) electrons. The smallest absolute Gasteiger partial charge is 0.129 e. The summed E-state index contributed by atoms with van der Waals surface area (Å²) in [4.78, 5) is 0. The summed E-state index contributed by atoms with van der Waals surface area (Å²) in [6.45, 7) is 8.25. The Morgan fingerprint density at radius 1 is 1.19 bits per heavy atom. The first-order valence-electron chi connectivity index (χ1n) is 5.52. The van der Waals surface area contributed by atoms with Crippen molar-refractivity contribution in [2.45, 2.75) is 51.0 Å². The van der Waals surface area contributed by atoms with Gasteiger partial charge in [-0.15, -0.1) is 5.54 Å². The molecule has 90 valence electrons. The SMILES string of the molecule is C[C@@H]1O[C@H](/C=C/C#C[Si](C)(C)C)[C@H](O)C1O. The zero-order valence-corrected chi connectivity index (χ0v) is 11.3. The molecule has 0 spiro atoms. The average Bonchev–Trinajstić information content (AvgIpc) is 2.40. The second-order valence-corrected chi connectivity index (χ2v) is 9.92. The van der Waals surface area contributed by atoms with Crippen LogP contribution in [0.2, 0.25) is 19.6 Å². The van der Waals surface area contributed by atoms with E-state index in [0.717, 1.165) is 0 Å². The number of hydrogen-bond donors (Lipinski definition) is 2. The van der Waals surface area contributed by atoms with Gasteiger partial charge >= 0.3 is 0 Å². The number of hydrogen-bond acceptors (Lipinski definition) is 3. The largest absolute Gasteiger partial charge is 0.388 e. The monoisotopic (exact) mass is 240 g/mol. The Balaban J connectivity index is 2.55. The first kappa shape index (κ1) is 13.5. The van der Waals surface area contributed by atoms with Crippen molar-refractivity contribution in [1.29, 1.82) is 0 Å². The fraction of sp³-hybridized carbons (Fsp3) is 0.667. The maximum absolute atomic E-state index is 9.62. The summed E-state index contributed by atoms with van der Waals surface area (Å²) in [5.41, 5.74) is 3.19. The van der Waals surface area contributed by atoms with E-state index in [1.54, 1.807) is 19.1 Å². The molecule has 4 heteroatoms. The fourth-order valence-corrected chi connectivity index (χ4v) is 1.96. The normalized spacial score (nSPS) is 35.1. The molecule has 1 aliphatic heterocycles. The zero-order chi connectivity index (χ0) is 12.3. The van der Waals surface area contributed by atoms with Gasteiger partial charge < -0.3 is 14.9 Å². The van der Waals surface area contributed by atoms with E-state index < -0.39 is 26.4 Å². The van der Waals surface area contributed by atoms with Crippen molar-refractivity contribution in [3.8, 4) is 11.5 Å². The standard InChI is InChI=1S/C12H20O3Si/c1-9-11(13)12(14)10(15-9)7-5-6-8-16(2,3)4/h5,7,9-14H,1-4H3/b7-5+/t9-,10+,11?,12-/m0/s1. The molecule has 0 bridgehead atoms. The van der Waals surface area contributed by atoms with E-state index in [4.69, 9.17) is 4.74 Å². The minimum atomic E-state index is -1.34. The van der Waals surface area contributed by atoms with Crippen molar-refractivity contribution in [3.63, 3.8) is 0 Å². The number of aliphatic hydroxyl groups is 2. The molecular formula is C12H20O3Si. The molecule has 2 N–H and O–H groups in total. The molecule has 0 saturated carbocycles. The molecule has 3 nitrogen and oxygen atoms in total. The van der Waals surface area contributed by atoms with Crippen molar-refractivity contribution in [1.82, 2.24) is 0 Å². The quantitative estimate of drug-likeness (QED) is 0.529. The van der Waals surface area contributed by atoms with Gasteiger partial charge in [0, 0.05) is 0 Å². The molecule has 4 atom stereocenters. The van der Waals surface area contributed by atoms with E-state index in [2.05, 4.69) is 31.1 Å². The third-order valence-electron chi connectivity index (χ3n) is 2.36. The van der Waals surface area contributed by atoms with Gasteiger partial charge in [-0.05, 0) is 19.1 Å². The summed E-state index contributed by atoms with van der Waals surface area (Å²) < 4.78 is 5.37. The molecule has 0 aliphatic carbocycles. The van der Waals surface area contributed by atoms with Crippen LogP contribution in [0.4, 0.5) is 0 Å². The van der Waals surface area contributed by atoms with Gasteiger partial charge in [-0.25, -0.2) is 0 Å². The predicted molar refractivity (Wildman–Crippen MR) is 66.6 cm³/mol. The Kier molecular flexibility index (Phi) is 4.33. The Morgan fingerprint density at radius 2 is 1.81 bits per heavy atom. The summed E-state index contributed by atoms with van der Waals surface area (Å²) in [5.74, 6) is 2.96. The van der Waals surface area contributed by atoms with Crippen LogP contribution in [-0.2, 0) is 4.74 Å². The number of ether oxygens (including phenoxy) is 1. The van der Waals surface area contributed by atoms with Crippen molar-refractivity contribution in [3.05, 3.63) is 12.2 Å². The van der Waals surface area contributed by atoms with Crippen LogP contribution in [0.15, 0.2) is 12.2 Å². The predicted octanol–water partition coefficient (Wildman–Crippen LogP) is 0.932. The van der Waals surface area contributed by atoms with E-state index in [9.17, 15) is 10.2 Å².